The van der Waals surface area contributed by atoms with Gasteiger partial charge in [-0.15, -0.1) is 0 Å². The van der Waals surface area contributed by atoms with Crippen LogP contribution in [0.25, 0.3) is 10.9 Å². The van der Waals surface area contributed by atoms with Crippen molar-refractivity contribution in [3.05, 3.63) is 64.8 Å². The van der Waals surface area contributed by atoms with E-state index in [-0.39, 0.29) is 11.8 Å². The van der Waals surface area contributed by atoms with Crippen LogP contribution >= 0.6 is 11.6 Å². The summed E-state index contributed by atoms with van der Waals surface area (Å²) >= 11 is 6.27. The smallest absolute Gasteiger partial charge is 0.256 e. The maximum atomic E-state index is 13.1. The highest BCUT2D eigenvalue weighted by Crippen LogP contribution is 2.33. The van der Waals surface area contributed by atoms with Gasteiger partial charge in [-0.1, -0.05) is 49.7 Å². The zero-order valence-corrected chi connectivity index (χ0v) is 16.9. The lowest BCUT2D eigenvalue weighted by Crippen LogP contribution is -2.15. The Hall–Kier alpha value is -2.63. The van der Waals surface area contributed by atoms with Gasteiger partial charge in [0.1, 0.15) is 6.61 Å². The second-order valence-corrected chi connectivity index (χ2v) is 7.09. The van der Waals surface area contributed by atoms with Gasteiger partial charge in [-0.05, 0) is 30.2 Å². The molecule has 1 aromatic heterocycles. The van der Waals surface area contributed by atoms with Crippen molar-refractivity contribution in [2.45, 2.75) is 19.8 Å². The molecule has 2 aromatic carbocycles. The number of halogens is 1. The van der Waals surface area contributed by atoms with E-state index in [2.05, 4.69) is 24.1 Å². The standard InChI is InChI=1S/C22H23ClN2O3/c1-14(2)20-13-16(15-7-4-5-9-18(15)24-20)22(26)25-19-10-6-8-17(23)21(19)28-12-11-27-3/h4-10,13-14H,11-12H2,1-3H3,(H,25,26). The number of aromatic nitrogens is 1. The molecule has 0 unspecified atom stereocenters. The van der Waals surface area contributed by atoms with Crippen LogP contribution < -0.4 is 10.1 Å². The van der Waals surface area contributed by atoms with Crippen LogP contribution in [0.3, 0.4) is 0 Å². The van der Waals surface area contributed by atoms with Crippen LogP contribution in [0, 0.1) is 0 Å². The molecule has 1 amide bonds. The molecule has 0 saturated carbocycles. The predicted molar refractivity (Wildman–Crippen MR) is 113 cm³/mol. The van der Waals surface area contributed by atoms with E-state index in [1.54, 1.807) is 25.3 Å². The summed E-state index contributed by atoms with van der Waals surface area (Å²) in [4.78, 5) is 17.8. The largest absolute Gasteiger partial charge is 0.487 e. The quantitative estimate of drug-likeness (QED) is 0.549. The first-order chi connectivity index (χ1) is 13.5. The third kappa shape index (κ3) is 4.43. The van der Waals surface area contributed by atoms with E-state index in [4.69, 9.17) is 21.1 Å². The molecule has 0 aliphatic rings. The molecule has 1 heterocycles. The van der Waals surface area contributed by atoms with E-state index in [1.165, 1.54) is 0 Å². The van der Waals surface area contributed by atoms with Crippen LogP contribution in [0.2, 0.25) is 5.02 Å². The molecule has 0 fully saturated rings. The Morgan fingerprint density at radius 1 is 1.14 bits per heavy atom. The van der Waals surface area contributed by atoms with Crippen molar-refractivity contribution in [1.82, 2.24) is 4.98 Å². The van der Waals surface area contributed by atoms with Gasteiger partial charge in [0.25, 0.3) is 5.91 Å². The van der Waals surface area contributed by atoms with Crippen LogP contribution in [0.4, 0.5) is 5.69 Å². The fourth-order valence-electron chi connectivity index (χ4n) is 2.85. The summed E-state index contributed by atoms with van der Waals surface area (Å²) in [6.07, 6.45) is 0. The van der Waals surface area contributed by atoms with Crippen LogP contribution in [0.5, 0.6) is 5.75 Å². The molecule has 0 radical (unpaired) electrons. The number of para-hydroxylation sites is 2. The lowest BCUT2D eigenvalue weighted by molar-refractivity contribution is 0.102. The van der Waals surface area contributed by atoms with E-state index in [0.717, 1.165) is 16.6 Å². The zero-order valence-electron chi connectivity index (χ0n) is 16.2. The molecule has 0 spiro atoms. The SMILES string of the molecule is COCCOc1c(Cl)cccc1NC(=O)c1cc(C(C)C)nc2ccccc12. The Morgan fingerprint density at radius 2 is 1.93 bits per heavy atom. The van der Waals surface area contributed by atoms with Crippen molar-refractivity contribution in [2.24, 2.45) is 0 Å². The van der Waals surface area contributed by atoms with Crippen molar-refractivity contribution in [3.8, 4) is 5.75 Å². The van der Waals surface area contributed by atoms with Gasteiger partial charge in [-0.2, -0.15) is 0 Å². The molecule has 28 heavy (non-hydrogen) atoms. The maximum Gasteiger partial charge on any atom is 0.256 e. The molecule has 0 saturated heterocycles. The number of nitrogens with one attached hydrogen (secondary N) is 1. The maximum absolute atomic E-state index is 13.1. The number of pyridine rings is 1. The first-order valence-electron chi connectivity index (χ1n) is 9.12. The van der Waals surface area contributed by atoms with E-state index in [9.17, 15) is 4.79 Å². The predicted octanol–water partition coefficient (Wildman–Crippen LogP) is 5.29. The van der Waals surface area contributed by atoms with Gasteiger partial charge in [-0.25, -0.2) is 0 Å². The number of fused-ring (bicyclic) bond motifs is 1. The minimum absolute atomic E-state index is 0.204. The van der Waals surface area contributed by atoms with Crippen molar-refractivity contribution in [2.75, 3.05) is 25.6 Å². The Labute approximate surface area is 169 Å². The van der Waals surface area contributed by atoms with Crippen LogP contribution in [-0.2, 0) is 4.74 Å². The van der Waals surface area contributed by atoms with Gasteiger partial charge >= 0.3 is 0 Å². The number of carbonyl (C=O) groups is 1. The molecule has 146 valence electrons. The highest BCUT2D eigenvalue weighted by Gasteiger charge is 2.17. The summed E-state index contributed by atoms with van der Waals surface area (Å²) in [5.41, 5.74) is 2.74. The highest BCUT2D eigenvalue weighted by atomic mass is 35.5. The van der Waals surface area contributed by atoms with Gasteiger partial charge < -0.3 is 14.8 Å². The van der Waals surface area contributed by atoms with Gasteiger partial charge in [-0.3, -0.25) is 9.78 Å². The van der Waals surface area contributed by atoms with Crippen LogP contribution in [-0.4, -0.2) is 31.2 Å². The van der Waals surface area contributed by atoms with Crippen molar-refractivity contribution < 1.29 is 14.3 Å². The van der Waals surface area contributed by atoms with Gasteiger partial charge in [0.2, 0.25) is 0 Å². The van der Waals surface area contributed by atoms with E-state index < -0.39 is 0 Å². The molecule has 1 N–H and O–H groups in total. The van der Waals surface area contributed by atoms with E-state index >= 15 is 0 Å². The number of ether oxygens (including phenoxy) is 2. The summed E-state index contributed by atoms with van der Waals surface area (Å²) in [5, 5.41) is 4.16. The fourth-order valence-corrected chi connectivity index (χ4v) is 3.08. The normalized spacial score (nSPS) is 11.0. The monoisotopic (exact) mass is 398 g/mol. The molecule has 0 atom stereocenters. The summed E-state index contributed by atoms with van der Waals surface area (Å²) in [6, 6.07) is 14.7. The van der Waals surface area contributed by atoms with Crippen molar-refractivity contribution >= 4 is 34.1 Å². The second-order valence-electron chi connectivity index (χ2n) is 6.68. The number of nitrogens with zero attached hydrogens (tertiary/aromatic N) is 1. The summed E-state index contributed by atoms with van der Waals surface area (Å²) in [7, 11) is 1.60. The number of hydrogen-bond donors (Lipinski definition) is 1. The number of benzene rings is 2. The molecular formula is C22H23ClN2O3. The highest BCUT2D eigenvalue weighted by molar-refractivity contribution is 6.32. The summed E-state index contributed by atoms with van der Waals surface area (Å²) in [5.74, 6) is 0.395. The number of amides is 1. The first-order valence-corrected chi connectivity index (χ1v) is 9.50. The number of methoxy groups -OCH3 is 1. The van der Waals surface area contributed by atoms with Gasteiger partial charge in [0.15, 0.2) is 5.75 Å². The first kappa shape index (κ1) is 20.1. The number of anilines is 1. The topological polar surface area (TPSA) is 60.5 Å². The fraction of sp³-hybridized carbons (Fsp3) is 0.273. The molecule has 0 aliphatic carbocycles. The molecule has 5 nitrogen and oxygen atoms in total. The average molecular weight is 399 g/mol. The van der Waals surface area contributed by atoms with Gasteiger partial charge in [0.05, 0.1) is 28.4 Å². The van der Waals surface area contributed by atoms with Crippen LogP contribution in [0.1, 0.15) is 35.8 Å². The lowest BCUT2D eigenvalue weighted by Gasteiger charge is -2.15. The number of hydrogen-bond acceptors (Lipinski definition) is 4. The summed E-state index contributed by atoms with van der Waals surface area (Å²) < 4.78 is 10.7. The lowest BCUT2D eigenvalue weighted by atomic mass is 10.0. The minimum atomic E-state index is -0.237. The third-order valence-electron chi connectivity index (χ3n) is 4.32. The molecule has 0 bridgehead atoms. The number of carbonyl (C=O) groups excluding carboxylic acids is 1. The van der Waals surface area contributed by atoms with E-state index in [1.807, 2.05) is 30.3 Å². The zero-order chi connectivity index (χ0) is 20.1. The van der Waals surface area contributed by atoms with Crippen molar-refractivity contribution in [3.63, 3.8) is 0 Å². The summed E-state index contributed by atoms with van der Waals surface area (Å²) in [6.45, 7) is 4.86. The Bertz CT molecular complexity index is 989. The average Bonchev–Trinajstić information content (AvgIpc) is 2.69. The Morgan fingerprint density at radius 3 is 2.68 bits per heavy atom. The van der Waals surface area contributed by atoms with Crippen molar-refractivity contribution in [1.29, 1.82) is 0 Å². The second kappa shape index (κ2) is 9.04. The Kier molecular flexibility index (Phi) is 6.49. The number of rotatable bonds is 7. The van der Waals surface area contributed by atoms with E-state index in [0.29, 0.717) is 35.2 Å². The van der Waals surface area contributed by atoms with Crippen LogP contribution in [0.15, 0.2) is 48.5 Å². The molecule has 3 rings (SSSR count). The molecular weight excluding hydrogens is 376 g/mol. The van der Waals surface area contributed by atoms with Gasteiger partial charge in [0, 0.05) is 18.2 Å². The Balaban J connectivity index is 1.97. The molecule has 6 heteroatoms. The molecule has 3 aromatic rings. The minimum Gasteiger partial charge on any atom is -0.487 e. The molecule has 0 aliphatic heterocycles. The third-order valence-corrected chi connectivity index (χ3v) is 4.62.